The van der Waals surface area contributed by atoms with E-state index in [0.717, 1.165) is 19.4 Å². The maximum atomic E-state index is 4.40. The molecular weight excluding hydrogens is 212 g/mol. The number of hydrogen-bond donors (Lipinski definition) is 1. The zero-order chi connectivity index (χ0) is 11.7. The van der Waals surface area contributed by atoms with Gasteiger partial charge < -0.3 is 9.88 Å². The van der Waals surface area contributed by atoms with Crippen molar-refractivity contribution in [2.75, 3.05) is 7.05 Å². The Kier molecular flexibility index (Phi) is 2.90. The van der Waals surface area contributed by atoms with Crippen molar-refractivity contribution in [1.82, 2.24) is 20.1 Å². The Morgan fingerprint density at radius 1 is 1.18 bits per heavy atom. The molecule has 1 N–H and O–H groups in total. The second-order valence-corrected chi connectivity index (χ2v) is 5.56. The van der Waals surface area contributed by atoms with Gasteiger partial charge in [0.1, 0.15) is 11.6 Å². The summed E-state index contributed by atoms with van der Waals surface area (Å²) in [5.41, 5.74) is 0.282. The average molecular weight is 234 g/mol. The van der Waals surface area contributed by atoms with Gasteiger partial charge in [0.15, 0.2) is 0 Å². The zero-order valence-corrected chi connectivity index (χ0v) is 10.7. The van der Waals surface area contributed by atoms with Crippen molar-refractivity contribution in [2.24, 2.45) is 0 Å². The molecule has 1 aliphatic carbocycles. The minimum Gasteiger partial charge on any atom is -0.315 e. The quantitative estimate of drug-likeness (QED) is 0.865. The van der Waals surface area contributed by atoms with Gasteiger partial charge in [0.25, 0.3) is 0 Å². The molecule has 2 aliphatic rings. The highest BCUT2D eigenvalue weighted by atomic mass is 15.3. The SMILES string of the molecule is CNC1(Cc2nnc3n2CCC3)CCCCC1. The maximum Gasteiger partial charge on any atom is 0.134 e. The molecule has 4 heteroatoms. The number of hydrogen-bond acceptors (Lipinski definition) is 3. The molecule has 0 atom stereocenters. The standard InChI is InChI=1S/C13H22N4/c1-14-13(7-3-2-4-8-13)10-12-16-15-11-6-5-9-17(11)12/h14H,2-10H2,1H3. The van der Waals surface area contributed by atoms with Gasteiger partial charge in [0.2, 0.25) is 0 Å². The van der Waals surface area contributed by atoms with Gasteiger partial charge in [0, 0.05) is 24.9 Å². The average Bonchev–Trinajstić information content (AvgIpc) is 2.96. The third kappa shape index (κ3) is 1.99. The molecule has 0 amide bonds. The number of nitrogens with zero attached hydrogens (tertiary/aromatic N) is 3. The summed E-state index contributed by atoms with van der Waals surface area (Å²) in [5, 5.41) is 12.3. The second-order valence-electron chi connectivity index (χ2n) is 5.56. The van der Waals surface area contributed by atoms with Crippen LogP contribution in [0.2, 0.25) is 0 Å². The van der Waals surface area contributed by atoms with Gasteiger partial charge in [-0.15, -0.1) is 10.2 Å². The molecule has 1 aliphatic heterocycles. The van der Waals surface area contributed by atoms with E-state index in [-0.39, 0.29) is 5.54 Å². The molecule has 2 heterocycles. The summed E-state index contributed by atoms with van der Waals surface area (Å²) in [6, 6.07) is 0. The molecule has 0 radical (unpaired) electrons. The van der Waals surface area contributed by atoms with Crippen LogP contribution in [0.25, 0.3) is 0 Å². The van der Waals surface area contributed by atoms with Crippen LogP contribution in [-0.2, 0) is 19.4 Å². The maximum absolute atomic E-state index is 4.40. The van der Waals surface area contributed by atoms with Crippen molar-refractivity contribution in [3.05, 3.63) is 11.6 Å². The summed E-state index contributed by atoms with van der Waals surface area (Å²) >= 11 is 0. The molecule has 1 fully saturated rings. The van der Waals surface area contributed by atoms with E-state index in [1.807, 2.05) is 0 Å². The normalized spacial score (nSPS) is 22.6. The Labute approximate surface area is 103 Å². The summed E-state index contributed by atoms with van der Waals surface area (Å²) in [5.74, 6) is 2.40. The highest BCUT2D eigenvalue weighted by Crippen LogP contribution is 2.31. The first-order chi connectivity index (χ1) is 8.33. The predicted octanol–water partition coefficient (Wildman–Crippen LogP) is 1.69. The van der Waals surface area contributed by atoms with Crippen molar-refractivity contribution in [1.29, 1.82) is 0 Å². The first-order valence-corrected chi connectivity index (χ1v) is 6.93. The smallest absolute Gasteiger partial charge is 0.134 e. The van der Waals surface area contributed by atoms with Gasteiger partial charge >= 0.3 is 0 Å². The van der Waals surface area contributed by atoms with Crippen LogP contribution >= 0.6 is 0 Å². The Bertz CT molecular complexity index is 390. The third-order valence-electron chi connectivity index (χ3n) is 4.52. The fourth-order valence-corrected chi connectivity index (χ4v) is 3.39. The Morgan fingerprint density at radius 2 is 2.00 bits per heavy atom. The topological polar surface area (TPSA) is 42.7 Å². The van der Waals surface area contributed by atoms with E-state index in [4.69, 9.17) is 0 Å². The van der Waals surface area contributed by atoms with E-state index in [1.165, 1.54) is 50.2 Å². The predicted molar refractivity (Wildman–Crippen MR) is 66.9 cm³/mol. The van der Waals surface area contributed by atoms with E-state index in [1.54, 1.807) is 0 Å². The largest absolute Gasteiger partial charge is 0.315 e. The first kappa shape index (κ1) is 11.2. The summed E-state index contributed by atoms with van der Waals surface area (Å²) < 4.78 is 2.34. The van der Waals surface area contributed by atoms with Crippen molar-refractivity contribution in [3.8, 4) is 0 Å². The molecule has 1 aromatic heterocycles. The summed E-state index contributed by atoms with van der Waals surface area (Å²) in [7, 11) is 2.10. The highest BCUT2D eigenvalue weighted by Gasteiger charge is 2.33. The number of fused-ring (bicyclic) bond motifs is 1. The fourth-order valence-electron chi connectivity index (χ4n) is 3.39. The molecule has 17 heavy (non-hydrogen) atoms. The lowest BCUT2D eigenvalue weighted by molar-refractivity contribution is 0.239. The summed E-state index contributed by atoms with van der Waals surface area (Å²) in [6.45, 7) is 1.12. The van der Waals surface area contributed by atoms with Crippen LogP contribution in [0.4, 0.5) is 0 Å². The Morgan fingerprint density at radius 3 is 2.76 bits per heavy atom. The number of aromatic nitrogens is 3. The van der Waals surface area contributed by atoms with Crippen molar-refractivity contribution < 1.29 is 0 Å². The third-order valence-corrected chi connectivity index (χ3v) is 4.52. The molecule has 0 aromatic carbocycles. The van der Waals surface area contributed by atoms with Crippen LogP contribution in [0.1, 0.15) is 50.2 Å². The number of nitrogens with one attached hydrogen (secondary N) is 1. The molecule has 0 unspecified atom stereocenters. The lowest BCUT2D eigenvalue weighted by atomic mass is 9.79. The number of likely N-dealkylation sites (N-methyl/N-ethyl adjacent to an activating group) is 1. The van der Waals surface area contributed by atoms with Gasteiger partial charge in [-0.2, -0.15) is 0 Å². The van der Waals surface area contributed by atoms with Crippen LogP contribution in [-0.4, -0.2) is 27.4 Å². The van der Waals surface area contributed by atoms with Crippen LogP contribution in [0.3, 0.4) is 0 Å². The minimum absolute atomic E-state index is 0.282. The molecule has 3 rings (SSSR count). The van der Waals surface area contributed by atoms with E-state index in [0.29, 0.717) is 0 Å². The molecule has 4 nitrogen and oxygen atoms in total. The van der Waals surface area contributed by atoms with Gasteiger partial charge in [-0.25, -0.2) is 0 Å². The summed E-state index contributed by atoms with van der Waals surface area (Å²) in [6.07, 6.45) is 10.1. The Balaban J connectivity index is 1.80. The molecule has 0 spiro atoms. The highest BCUT2D eigenvalue weighted by molar-refractivity contribution is 5.06. The molecule has 94 valence electrons. The number of aryl methyl sites for hydroxylation is 1. The lowest BCUT2D eigenvalue weighted by Gasteiger charge is -2.36. The molecular formula is C13H22N4. The molecule has 0 bridgehead atoms. The molecule has 1 aromatic rings. The monoisotopic (exact) mass is 234 g/mol. The van der Waals surface area contributed by atoms with E-state index >= 15 is 0 Å². The van der Waals surface area contributed by atoms with Crippen LogP contribution in [0, 0.1) is 0 Å². The van der Waals surface area contributed by atoms with Gasteiger partial charge in [0.05, 0.1) is 0 Å². The van der Waals surface area contributed by atoms with Crippen LogP contribution in [0.15, 0.2) is 0 Å². The van der Waals surface area contributed by atoms with Crippen molar-refractivity contribution >= 4 is 0 Å². The van der Waals surface area contributed by atoms with Crippen molar-refractivity contribution in [2.45, 2.75) is 63.5 Å². The Hall–Kier alpha value is -0.900. The first-order valence-electron chi connectivity index (χ1n) is 6.93. The zero-order valence-electron chi connectivity index (χ0n) is 10.7. The van der Waals surface area contributed by atoms with Crippen molar-refractivity contribution in [3.63, 3.8) is 0 Å². The van der Waals surface area contributed by atoms with E-state index < -0.39 is 0 Å². The van der Waals surface area contributed by atoms with Crippen LogP contribution < -0.4 is 5.32 Å². The fraction of sp³-hybridized carbons (Fsp3) is 0.846. The minimum atomic E-state index is 0.282. The second kappa shape index (κ2) is 4.41. The van der Waals surface area contributed by atoms with Gasteiger partial charge in [-0.05, 0) is 26.3 Å². The van der Waals surface area contributed by atoms with E-state index in [2.05, 4.69) is 27.1 Å². The van der Waals surface area contributed by atoms with Gasteiger partial charge in [-0.3, -0.25) is 0 Å². The van der Waals surface area contributed by atoms with Crippen LogP contribution in [0.5, 0.6) is 0 Å². The summed E-state index contributed by atoms with van der Waals surface area (Å²) in [4.78, 5) is 0. The lowest BCUT2D eigenvalue weighted by Crippen LogP contribution is -2.47. The van der Waals surface area contributed by atoms with E-state index in [9.17, 15) is 0 Å². The van der Waals surface area contributed by atoms with Gasteiger partial charge in [-0.1, -0.05) is 19.3 Å². The molecule has 1 saturated carbocycles. The number of rotatable bonds is 3. The molecule has 0 saturated heterocycles.